The van der Waals surface area contributed by atoms with E-state index in [0.717, 1.165) is 87.8 Å². The molecule has 0 fully saturated rings. The van der Waals surface area contributed by atoms with Crippen molar-refractivity contribution < 1.29 is 8.78 Å². The fourth-order valence-electron chi connectivity index (χ4n) is 10.2. The summed E-state index contributed by atoms with van der Waals surface area (Å²) < 4.78 is 37.3. The molecular formula is C60H34F2N4. The Bertz CT molecular complexity index is 3800. The average molecular weight is 849 g/mol. The number of nitriles is 2. The average Bonchev–Trinajstić information content (AvgIpc) is 3.89. The number of hydrogen-bond acceptors (Lipinski definition) is 2. The summed E-state index contributed by atoms with van der Waals surface area (Å²) in [6, 6.07) is 70.6. The lowest BCUT2D eigenvalue weighted by atomic mass is 9.93. The number of benzene rings is 10. The fourth-order valence-corrected chi connectivity index (χ4v) is 10.2. The molecule has 2 heterocycles. The second kappa shape index (κ2) is 15.3. The van der Waals surface area contributed by atoms with Gasteiger partial charge in [-0.1, -0.05) is 146 Å². The van der Waals surface area contributed by atoms with Crippen LogP contribution < -0.4 is 0 Å². The van der Waals surface area contributed by atoms with Gasteiger partial charge in [-0.15, -0.1) is 0 Å². The number of halogens is 2. The highest BCUT2D eigenvalue weighted by Crippen LogP contribution is 2.49. The first-order valence-corrected chi connectivity index (χ1v) is 21.7. The molecule has 0 aliphatic rings. The zero-order chi connectivity index (χ0) is 44.5. The van der Waals surface area contributed by atoms with E-state index in [1.807, 2.05) is 109 Å². The van der Waals surface area contributed by atoms with E-state index in [1.165, 1.54) is 12.1 Å². The lowest BCUT2D eigenvalue weighted by Gasteiger charge is -2.21. The van der Waals surface area contributed by atoms with E-state index in [9.17, 15) is 10.5 Å². The first-order chi connectivity index (χ1) is 32.6. The first kappa shape index (κ1) is 38.6. The van der Waals surface area contributed by atoms with Crippen molar-refractivity contribution in [3.8, 4) is 68.3 Å². The van der Waals surface area contributed by atoms with Gasteiger partial charge in [0, 0.05) is 54.9 Å². The van der Waals surface area contributed by atoms with E-state index in [0.29, 0.717) is 33.6 Å². The third-order valence-corrected chi connectivity index (χ3v) is 13.0. The lowest BCUT2D eigenvalue weighted by molar-refractivity contribution is 0.630. The zero-order valence-corrected chi connectivity index (χ0v) is 35.2. The number of aromatic nitrogens is 2. The molecule has 0 aliphatic carbocycles. The van der Waals surface area contributed by atoms with E-state index >= 15 is 8.78 Å². The van der Waals surface area contributed by atoms with Crippen LogP contribution in [0, 0.1) is 34.3 Å². The van der Waals surface area contributed by atoms with Gasteiger partial charge in [0.25, 0.3) is 0 Å². The van der Waals surface area contributed by atoms with Crippen LogP contribution in [0.3, 0.4) is 0 Å². The standard InChI is InChI=1S/C60H34F2N4/c61-51-29-13-9-25-45(51)59-57(39-19-3-1-17-37(39)35-63)47-27-11-15-31-53(47)65(59)55-33-49-42-22-6-8-24-44(42)56(34-50(49)41-21-5-7-23-43(41)55)66-54-32-16-12-28-48(54)58(40-20-4-2-18-38(40)36-64)60(66)46-26-10-14-30-52(46)62/h1-34H. The van der Waals surface area contributed by atoms with E-state index in [2.05, 4.69) is 69.8 Å². The van der Waals surface area contributed by atoms with Crippen molar-refractivity contribution in [1.29, 1.82) is 10.5 Å². The van der Waals surface area contributed by atoms with Gasteiger partial charge in [0.05, 0.1) is 57.1 Å². The topological polar surface area (TPSA) is 57.4 Å². The Labute approximate surface area is 378 Å². The van der Waals surface area contributed by atoms with Crippen molar-refractivity contribution in [2.24, 2.45) is 0 Å². The summed E-state index contributed by atoms with van der Waals surface area (Å²) in [6.07, 6.45) is 0. The predicted molar refractivity (Wildman–Crippen MR) is 264 cm³/mol. The third kappa shape index (κ3) is 5.73. The quantitative estimate of drug-likeness (QED) is 0.157. The molecule has 308 valence electrons. The minimum Gasteiger partial charge on any atom is -0.308 e. The van der Waals surface area contributed by atoms with Crippen molar-refractivity contribution in [3.05, 3.63) is 229 Å². The molecule has 0 N–H and O–H groups in total. The molecular weight excluding hydrogens is 815 g/mol. The minimum atomic E-state index is -0.376. The molecule has 12 aromatic rings. The number of fused-ring (bicyclic) bond motifs is 7. The van der Waals surface area contributed by atoms with Crippen LogP contribution in [-0.4, -0.2) is 9.13 Å². The van der Waals surface area contributed by atoms with Crippen molar-refractivity contribution in [2.75, 3.05) is 0 Å². The molecule has 0 amide bonds. The maximum atomic E-state index is 16.5. The van der Waals surface area contributed by atoms with Gasteiger partial charge in [-0.2, -0.15) is 10.5 Å². The molecule has 10 aromatic carbocycles. The molecule has 0 spiro atoms. The molecule has 6 heteroatoms. The van der Waals surface area contributed by atoms with Crippen LogP contribution in [0.2, 0.25) is 0 Å². The number of rotatable bonds is 6. The molecule has 0 radical (unpaired) electrons. The molecule has 12 rings (SSSR count). The molecule has 0 bridgehead atoms. The van der Waals surface area contributed by atoms with Crippen molar-refractivity contribution in [2.45, 2.75) is 0 Å². The van der Waals surface area contributed by atoms with Crippen LogP contribution in [-0.2, 0) is 0 Å². The Morgan fingerprint density at radius 3 is 1.03 bits per heavy atom. The van der Waals surface area contributed by atoms with Gasteiger partial charge in [0.1, 0.15) is 11.6 Å². The van der Waals surface area contributed by atoms with Crippen LogP contribution in [0.1, 0.15) is 11.1 Å². The highest BCUT2D eigenvalue weighted by molar-refractivity contribution is 6.23. The molecule has 0 saturated carbocycles. The minimum absolute atomic E-state index is 0.376. The Kier molecular flexibility index (Phi) is 8.95. The van der Waals surface area contributed by atoms with Crippen molar-refractivity contribution in [1.82, 2.24) is 9.13 Å². The summed E-state index contributed by atoms with van der Waals surface area (Å²) in [6.45, 7) is 0. The predicted octanol–water partition coefficient (Wildman–Crippen LogP) is 15.7. The van der Waals surface area contributed by atoms with E-state index in [4.69, 9.17) is 0 Å². The van der Waals surface area contributed by atoms with Crippen LogP contribution in [0.25, 0.3) is 110 Å². The van der Waals surface area contributed by atoms with Crippen molar-refractivity contribution in [3.63, 3.8) is 0 Å². The SMILES string of the molecule is N#Cc1ccccc1-c1c(-c2ccccc2F)n(-c2cc3c4ccccc4c(-n4c(-c5ccccc5F)c(-c5ccccc5C#N)c5ccccc54)cc3c3ccccc23)c2ccccc12. The smallest absolute Gasteiger partial charge is 0.132 e. The molecule has 0 unspecified atom stereocenters. The number of nitrogens with zero attached hydrogens (tertiary/aromatic N) is 4. The van der Waals surface area contributed by atoms with Crippen LogP contribution in [0.4, 0.5) is 8.78 Å². The van der Waals surface area contributed by atoms with Gasteiger partial charge in [0.15, 0.2) is 0 Å². The Balaban J connectivity index is 1.24. The summed E-state index contributed by atoms with van der Waals surface area (Å²) in [5.41, 5.74) is 9.48. The van der Waals surface area contributed by atoms with Gasteiger partial charge < -0.3 is 9.13 Å². The first-order valence-electron chi connectivity index (χ1n) is 21.7. The van der Waals surface area contributed by atoms with Gasteiger partial charge in [-0.05, 0) is 82.2 Å². The highest BCUT2D eigenvalue weighted by Gasteiger charge is 2.28. The molecule has 66 heavy (non-hydrogen) atoms. The summed E-state index contributed by atoms with van der Waals surface area (Å²) in [7, 11) is 0. The zero-order valence-electron chi connectivity index (χ0n) is 35.2. The second-order valence-electron chi connectivity index (χ2n) is 16.4. The summed E-state index contributed by atoms with van der Waals surface area (Å²) >= 11 is 0. The summed E-state index contributed by atoms with van der Waals surface area (Å²) in [5.74, 6) is -0.752. The molecule has 0 saturated heterocycles. The molecule has 4 nitrogen and oxygen atoms in total. The van der Waals surface area contributed by atoms with Crippen LogP contribution in [0.5, 0.6) is 0 Å². The van der Waals surface area contributed by atoms with Crippen LogP contribution in [0.15, 0.2) is 206 Å². The maximum Gasteiger partial charge on any atom is 0.132 e. The maximum absolute atomic E-state index is 16.5. The monoisotopic (exact) mass is 848 g/mol. The lowest BCUT2D eigenvalue weighted by Crippen LogP contribution is -2.03. The van der Waals surface area contributed by atoms with Gasteiger partial charge in [-0.25, -0.2) is 8.78 Å². The van der Waals surface area contributed by atoms with E-state index < -0.39 is 0 Å². The van der Waals surface area contributed by atoms with Crippen LogP contribution >= 0.6 is 0 Å². The highest BCUT2D eigenvalue weighted by atomic mass is 19.1. The second-order valence-corrected chi connectivity index (χ2v) is 16.4. The van der Waals surface area contributed by atoms with Gasteiger partial charge in [0.2, 0.25) is 0 Å². The van der Waals surface area contributed by atoms with Gasteiger partial charge >= 0.3 is 0 Å². The summed E-state index contributed by atoms with van der Waals surface area (Å²) in [4.78, 5) is 0. The Hall–Kier alpha value is -9.10. The largest absolute Gasteiger partial charge is 0.308 e. The van der Waals surface area contributed by atoms with Gasteiger partial charge in [-0.3, -0.25) is 0 Å². The third-order valence-electron chi connectivity index (χ3n) is 13.0. The molecule has 0 aliphatic heterocycles. The normalized spacial score (nSPS) is 11.5. The van der Waals surface area contributed by atoms with E-state index in [1.54, 1.807) is 36.4 Å². The van der Waals surface area contributed by atoms with Crippen molar-refractivity contribution >= 4 is 54.1 Å². The summed E-state index contributed by atoms with van der Waals surface area (Å²) in [5, 5.41) is 28.4. The molecule has 0 atom stereocenters. The Morgan fingerprint density at radius 2 is 0.636 bits per heavy atom. The molecule has 2 aromatic heterocycles. The number of hydrogen-bond donors (Lipinski definition) is 0. The Morgan fingerprint density at radius 1 is 0.318 bits per heavy atom. The fraction of sp³-hybridized carbons (Fsp3) is 0. The van der Waals surface area contributed by atoms with E-state index in [-0.39, 0.29) is 11.6 Å². The number of para-hydroxylation sites is 2.